The summed E-state index contributed by atoms with van der Waals surface area (Å²) in [5, 5.41) is 3.32. The van der Waals surface area contributed by atoms with E-state index in [1.165, 1.54) is 6.07 Å². The lowest BCUT2D eigenvalue weighted by Crippen LogP contribution is -2.44. The van der Waals surface area contributed by atoms with Crippen molar-refractivity contribution in [2.45, 2.75) is 6.42 Å². The van der Waals surface area contributed by atoms with E-state index in [0.717, 1.165) is 43.9 Å². The fourth-order valence-corrected chi connectivity index (χ4v) is 2.15. The highest BCUT2D eigenvalue weighted by Crippen LogP contribution is 2.12. The molecule has 0 saturated carbocycles. The van der Waals surface area contributed by atoms with Crippen LogP contribution >= 0.6 is 0 Å². The molecule has 1 saturated heterocycles. The van der Waals surface area contributed by atoms with E-state index >= 15 is 0 Å². The second-order valence-corrected chi connectivity index (χ2v) is 4.54. The summed E-state index contributed by atoms with van der Waals surface area (Å²) in [6.07, 6.45) is 0.636. The van der Waals surface area contributed by atoms with Crippen LogP contribution in [-0.2, 0) is 6.42 Å². The van der Waals surface area contributed by atoms with E-state index in [-0.39, 0.29) is 5.82 Å². The Balaban J connectivity index is 1.86. The molecule has 1 heterocycles. The van der Waals surface area contributed by atoms with Gasteiger partial charge < -0.3 is 5.32 Å². The van der Waals surface area contributed by atoms with Gasteiger partial charge in [0.2, 0.25) is 0 Å². The standard InChI is InChI=1S/C14H19FN2/c1-12(11-17-8-6-16-7-9-17)10-13-4-2-3-5-14(13)15/h2-5,16H,1,6-11H2. The quantitative estimate of drug-likeness (QED) is 0.800. The third-order valence-corrected chi connectivity index (χ3v) is 3.06. The van der Waals surface area contributed by atoms with Crippen LogP contribution in [0.4, 0.5) is 4.39 Å². The van der Waals surface area contributed by atoms with Crippen LogP contribution in [0.15, 0.2) is 36.4 Å². The molecule has 0 bridgehead atoms. The van der Waals surface area contributed by atoms with Crippen molar-refractivity contribution in [1.82, 2.24) is 10.2 Å². The Morgan fingerprint density at radius 3 is 2.71 bits per heavy atom. The van der Waals surface area contributed by atoms with Gasteiger partial charge in [-0.15, -0.1) is 0 Å². The number of nitrogens with one attached hydrogen (secondary N) is 1. The SMILES string of the molecule is C=C(Cc1ccccc1F)CN1CCNCC1. The van der Waals surface area contributed by atoms with Gasteiger partial charge in [0.25, 0.3) is 0 Å². The van der Waals surface area contributed by atoms with Crippen molar-refractivity contribution in [3.05, 3.63) is 47.8 Å². The molecule has 1 aromatic carbocycles. The third kappa shape index (κ3) is 3.65. The Morgan fingerprint density at radius 1 is 1.29 bits per heavy atom. The van der Waals surface area contributed by atoms with Gasteiger partial charge in [-0.25, -0.2) is 4.39 Å². The summed E-state index contributed by atoms with van der Waals surface area (Å²) in [4.78, 5) is 2.36. The zero-order valence-corrected chi connectivity index (χ0v) is 10.1. The minimum Gasteiger partial charge on any atom is -0.314 e. The minimum absolute atomic E-state index is 0.131. The lowest BCUT2D eigenvalue weighted by Gasteiger charge is -2.27. The summed E-state index contributed by atoms with van der Waals surface area (Å²) in [6, 6.07) is 6.93. The van der Waals surface area contributed by atoms with Gasteiger partial charge in [0, 0.05) is 32.7 Å². The van der Waals surface area contributed by atoms with Crippen LogP contribution in [0.5, 0.6) is 0 Å². The van der Waals surface area contributed by atoms with Gasteiger partial charge in [-0.2, -0.15) is 0 Å². The van der Waals surface area contributed by atoms with Crippen molar-refractivity contribution in [1.29, 1.82) is 0 Å². The lowest BCUT2D eigenvalue weighted by molar-refractivity contribution is 0.258. The Labute approximate surface area is 102 Å². The van der Waals surface area contributed by atoms with E-state index in [9.17, 15) is 4.39 Å². The van der Waals surface area contributed by atoms with Gasteiger partial charge >= 0.3 is 0 Å². The maximum atomic E-state index is 13.5. The normalized spacial score (nSPS) is 17.0. The zero-order chi connectivity index (χ0) is 12.1. The molecule has 0 atom stereocenters. The molecule has 92 valence electrons. The average Bonchev–Trinajstić information content (AvgIpc) is 2.33. The first-order valence-corrected chi connectivity index (χ1v) is 6.09. The average molecular weight is 234 g/mol. The molecule has 0 spiro atoms. The lowest BCUT2D eigenvalue weighted by atomic mass is 10.1. The summed E-state index contributed by atoms with van der Waals surface area (Å²) in [6.45, 7) is 9.10. The molecule has 0 aromatic heterocycles. The highest BCUT2D eigenvalue weighted by atomic mass is 19.1. The van der Waals surface area contributed by atoms with E-state index in [1.807, 2.05) is 12.1 Å². The predicted molar refractivity (Wildman–Crippen MR) is 68.6 cm³/mol. The van der Waals surface area contributed by atoms with Crippen molar-refractivity contribution in [2.24, 2.45) is 0 Å². The topological polar surface area (TPSA) is 15.3 Å². The molecule has 17 heavy (non-hydrogen) atoms. The highest BCUT2D eigenvalue weighted by Gasteiger charge is 2.11. The van der Waals surface area contributed by atoms with E-state index in [2.05, 4.69) is 16.8 Å². The molecule has 0 radical (unpaired) electrons. The fourth-order valence-electron chi connectivity index (χ4n) is 2.15. The molecule has 3 heteroatoms. The molecule has 0 unspecified atom stereocenters. The van der Waals surface area contributed by atoms with Gasteiger partial charge in [0.15, 0.2) is 0 Å². The second kappa shape index (κ2) is 5.94. The molecule has 1 aliphatic rings. The van der Waals surface area contributed by atoms with Crippen LogP contribution in [-0.4, -0.2) is 37.6 Å². The number of nitrogens with zero attached hydrogens (tertiary/aromatic N) is 1. The smallest absolute Gasteiger partial charge is 0.126 e. The maximum Gasteiger partial charge on any atom is 0.126 e. The number of benzene rings is 1. The van der Waals surface area contributed by atoms with Crippen LogP contribution in [0.3, 0.4) is 0 Å². The van der Waals surface area contributed by atoms with Gasteiger partial charge in [0.1, 0.15) is 5.82 Å². The molecule has 1 aliphatic heterocycles. The third-order valence-electron chi connectivity index (χ3n) is 3.06. The molecular formula is C14H19FN2. The van der Waals surface area contributed by atoms with Crippen molar-refractivity contribution >= 4 is 0 Å². The van der Waals surface area contributed by atoms with E-state index in [1.54, 1.807) is 6.07 Å². The number of halogens is 1. The van der Waals surface area contributed by atoms with Crippen LogP contribution in [0.2, 0.25) is 0 Å². The number of rotatable bonds is 4. The first-order valence-electron chi connectivity index (χ1n) is 6.09. The molecular weight excluding hydrogens is 215 g/mol. The fraction of sp³-hybridized carbons (Fsp3) is 0.429. The minimum atomic E-state index is -0.131. The Hall–Kier alpha value is -1.19. The number of hydrogen-bond acceptors (Lipinski definition) is 2. The monoisotopic (exact) mass is 234 g/mol. The summed E-state index contributed by atoms with van der Waals surface area (Å²) >= 11 is 0. The largest absolute Gasteiger partial charge is 0.314 e. The van der Waals surface area contributed by atoms with Crippen LogP contribution in [0.25, 0.3) is 0 Å². The van der Waals surface area contributed by atoms with Gasteiger partial charge in [-0.05, 0) is 18.1 Å². The van der Waals surface area contributed by atoms with Crippen molar-refractivity contribution in [3.63, 3.8) is 0 Å². The summed E-state index contributed by atoms with van der Waals surface area (Å²) in [7, 11) is 0. The Bertz CT molecular complexity index is 384. The molecule has 0 amide bonds. The van der Waals surface area contributed by atoms with Crippen LogP contribution in [0.1, 0.15) is 5.56 Å². The first kappa shape index (κ1) is 12.3. The van der Waals surface area contributed by atoms with Gasteiger partial charge in [0.05, 0.1) is 0 Å². The molecule has 0 aliphatic carbocycles. The zero-order valence-electron chi connectivity index (χ0n) is 10.1. The van der Waals surface area contributed by atoms with Crippen LogP contribution in [0, 0.1) is 5.82 Å². The maximum absolute atomic E-state index is 13.5. The highest BCUT2D eigenvalue weighted by molar-refractivity contribution is 5.23. The van der Waals surface area contributed by atoms with Gasteiger partial charge in [-0.3, -0.25) is 4.90 Å². The van der Waals surface area contributed by atoms with E-state index in [4.69, 9.17) is 0 Å². The first-order chi connectivity index (χ1) is 8.25. The Kier molecular flexibility index (Phi) is 4.29. The molecule has 1 aromatic rings. The summed E-state index contributed by atoms with van der Waals surface area (Å²) in [5.74, 6) is -0.131. The van der Waals surface area contributed by atoms with Crippen LogP contribution < -0.4 is 5.32 Å². The van der Waals surface area contributed by atoms with E-state index < -0.39 is 0 Å². The number of piperazine rings is 1. The second-order valence-electron chi connectivity index (χ2n) is 4.54. The van der Waals surface area contributed by atoms with Gasteiger partial charge in [-0.1, -0.05) is 30.4 Å². The Morgan fingerprint density at radius 2 is 2.00 bits per heavy atom. The van der Waals surface area contributed by atoms with Crippen molar-refractivity contribution in [2.75, 3.05) is 32.7 Å². The predicted octanol–water partition coefficient (Wildman–Crippen LogP) is 1.83. The summed E-state index contributed by atoms with van der Waals surface area (Å²) < 4.78 is 13.5. The molecule has 2 rings (SSSR count). The van der Waals surface area contributed by atoms with Crippen molar-refractivity contribution < 1.29 is 4.39 Å². The van der Waals surface area contributed by atoms with Crippen molar-refractivity contribution in [3.8, 4) is 0 Å². The molecule has 1 fully saturated rings. The number of hydrogen-bond donors (Lipinski definition) is 1. The van der Waals surface area contributed by atoms with E-state index in [0.29, 0.717) is 6.42 Å². The molecule has 1 N–H and O–H groups in total. The summed E-state index contributed by atoms with van der Waals surface area (Å²) in [5.41, 5.74) is 1.82. The molecule has 2 nitrogen and oxygen atoms in total.